The van der Waals surface area contributed by atoms with Gasteiger partial charge < -0.3 is 15.4 Å². The molecule has 0 saturated carbocycles. The van der Waals surface area contributed by atoms with Crippen LogP contribution in [0.15, 0.2) is 42.6 Å². The molecule has 23 heavy (non-hydrogen) atoms. The maximum atomic E-state index is 11.7. The first-order chi connectivity index (χ1) is 10.8. The summed E-state index contributed by atoms with van der Waals surface area (Å²) in [5.74, 6) is 0.794. The monoisotopic (exact) mass is 313 g/mol. The molecule has 0 aliphatic heterocycles. The quantitative estimate of drug-likeness (QED) is 0.889. The predicted molar refractivity (Wildman–Crippen MR) is 91.8 cm³/mol. The molecule has 0 fully saturated rings. The van der Waals surface area contributed by atoms with Crippen LogP contribution in [0.5, 0.6) is 0 Å². The van der Waals surface area contributed by atoms with E-state index >= 15 is 0 Å². The lowest BCUT2D eigenvalue weighted by Gasteiger charge is -2.19. The molecule has 5 nitrogen and oxygen atoms in total. The van der Waals surface area contributed by atoms with Gasteiger partial charge in [0.2, 0.25) is 0 Å². The fourth-order valence-corrected chi connectivity index (χ4v) is 2.00. The minimum Gasteiger partial charge on any atom is -0.444 e. The second-order valence-electron chi connectivity index (χ2n) is 6.40. The Bertz CT molecular complexity index is 678. The van der Waals surface area contributed by atoms with E-state index in [1.807, 2.05) is 64.1 Å². The summed E-state index contributed by atoms with van der Waals surface area (Å²) in [5.41, 5.74) is 2.55. The van der Waals surface area contributed by atoms with Crippen molar-refractivity contribution < 1.29 is 9.53 Å². The largest absolute Gasteiger partial charge is 0.444 e. The molecule has 0 aliphatic carbocycles. The Morgan fingerprint density at radius 3 is 2.70 bits per heavy atom. The number of ether oxygens (including phenoxy) is 1. The van der Waals surface area contributed by atoms with Crippen LogP contribution in [0, 0.1) is 6.92 Å². The number of hydrogen-bond donors (Lipinski definition) is 2. The first-order valence-corrected chi connectivity index (χ1v) is 7.57. The molecular weight excluding hydrogens is 290 g/mol. The molecule has 2 aromatic rings. The van der Waals surface area contributed by atoms with Crippen molar-refractivity contribution in [2.75, 3.05) is 5.32 Å². The second-order valence-corrected chi connectivity index (χ2v) is 6.40. The van der Waals surface area contributed by atoms with Crippen LogP contribution in [-0.2, 0) is 11.3 Å². The van der Waals surface area contributed by atoms with Crippen molar-refractivity contribution in [3.8, 4) is 0 Å². The van der Waals surface area contributed by atoms with Crippen molar-refractivity contribution in [3.63, 3.8) is 0 Å². The van der Waals surface area contributed by atoms with Gasteiger partial charge in [0.05, 0.1) is 0 Å². The van der Waals surface area contributed by atoms with Gasteiger partial charge in [-0.1, -0.05) is 12.1 Å². The van der Waals surface area contributed by atoms with Gasteiger partial charge in [-0.3, -0.25) is 0 Å². The Morgan fingerprint density at radius 2 is 2.00 bits per heavy atom. The van der Waals surface area contributed by atoms with Gasteiger partial charge in [0.1, 0.15) is 11.4 Å². The number of alkyl carbamates (subject to hydrolysis) is 1. The molecule has 0 aliphatic rings. The fraction of sp³-hybridized carbons (Fsp3) is 0.333. The van der Waals surface area contributed by atoms with Crippen LogP contribution in [0.3, 0.4) is 0 Å². The molecule has 0 atom stereocenters. The van der Waals surface area contributed by atoms with Crippen LogP contribution in [0.1, 0.15) is 31.9 Å². The van der Waals surface area contributed by atoms with Gasteiger partial charge >= 0.3 is 6.09 Å². The van der Waals surface area contributed by atoms with Crippen LogP contribution in [0.25, 0.3) is 0 Å². The van der Waals surface area contributed by atoms with Crippen LogP contribution in [0.2, 0.25) is 0 Å². The third-order valence-electron chi connectivity index (χ3n) is 2.95. The molecule has 1 amide bonds. The average Bonchev–Trinajstić information content (AvgIpc) is 2.44. The second kappa shape index (κ2) is 7.13. The van der Waals surface area contributed by atoms with Crippen molar-refractivity contribution in [2.24, 2.45) is 0 Å². The van der Waals surface area contributed by atoms with E-state index in [0.717, 1.165) is 22.6 Å². The summed E-state index contributed by atoms with van der Waals surface area (Å²) in [6.07, 6.45) is 1.35. The number of rotatable bonds is 4. The molecule has 0 bridgehead atoms. The predicted octanol–water partition coefficient (Wildman–Crippen LogP) is 4.16. The molecule has 5 heteroatoms. The number of pyridine rings is 1. The van der Waals surface area contributed by atoms with E-state index < -0.39 is 11.7 Å². The van der Waals surface area contributed by atoms with Crippen LogP contribution < -0.4 is 10.6 Å². The van der Waals surface area contributed by atoms with Crippen molar-refractivity contribution in [3.05, 3.63) is 53.7 Å². The summed E-state index contributed by atoms with van der Waals surface area (Å²) >= 11 is 0. The number of aromatic nitrogens is 1. The highest BCUT2D eigenvalue weighted by Crippen LogP contribution is 2.17. The zero-order valence-electron chi connectivity index (χ0n) is 14.0. The van der Waals surface area contributed by atoms with Crippen molar-refractivity contribution >= 4 is 17.6 Å². The Hall–Kier alpha value is -2.56. The molecule has 1 aromatic heterocycles. The summed E-state index contributed by atoms with van der Waals surface area (Å²) in [6, 6.07) is 11.7. The zero-order chi connectivity index (χ0) is 16.9. The van der Waals surface area contributed by atoms with E-state index in [0.29, 0.717) is 6.54 Å². The smallest absolute Gasteiger partial charge is 0.407 e. The highest BCUT2D eigenvalue weighted by atomic mass is 16.6. The standard InChI is InChI=1S/C18H23N3O2/c1-13-8-9-19-16(10-13)21-15-7-5-6-14(11-15)12-20-17(22)23-18(2,3)4/h5-11H,12H2,1-4H3,(H,19,21)(H,20,22). The zero-order valence-corrected chi connectivity index (χ0v) is 14.0. The number of carbonyl (C=O) groups is 1. The fourth-order valence-electron chi connectivity index (χ4n) is 2.00. The maximum absolute atomic E-state index is 11.7. The van der Waals surface area contributed by atoms with Crippen LogP contribution >= 0.6 is 0 Å². The van der Waals surface area contributed by atoms with Crippen molar-refractivity contribution in [1.29, 1.82) is 0 Å². The molecule has 1 aromatic carbocycles. The van der Waals surface area contributed by atoms with Crippen LogP contribution in [-0.4, -0.2) is 16.7 Å². The van der Waals surface area contributed by atoms with Gasteiger partial charge in [-0.2, -0.15) is 0 Å². The molecule has 0 spiro atoms. The van der Waals surface area contributed by atoms with Gasteiger partial charge in [0.25, 0.3) is 0 Å². The molecule has 0 saturated heterocycles. The summed E-state index contributed by atoms with van der Waals surface area (Å²) in [4.78, 5) is 16.0. The lowest BCUT2D eigenvalue weighted by molar-refractivity contribution is 0.0523. The molecule has 0 radical (unpaired) electrons. The van der Waals surface area contributed by atoms with E-state index in [-0.39, 0.29) is 0 Å². The minimum atomic E-state index is -0.496. The summed E-state index contributed by atoms with van der Waals surface area (Å²) < 4.78 is 5.22. The Labute approximate surface area is 137 Å². The van der Waals surface area contributed by atoms with Gasteiger partial charge in [0, 0.05) is 18.4 Å². The van der Waals surface area contributed by atoms with Gasteiger partial charge in [0.15, 0.2) is 0 Å². The molecule has 122 valence electrons. The number of hydrogen-bond acceptors (Lipinski definition) is 4. The molecular formula is C18H23N3O2. The molecule has 2 N–H and O–H groups in total. The number of anilines is 2. The van der Waals surface area contributed by atoms with Crippen LogP contribution in [0.4, 0.5) is 16.3 Å². The highest BCUT2D eigenvalue weighted by Gasteiger charge is 2.15. The van der Waals surface area contributed by atoms with E-state index in [1.165, 1.54) is 0 Å². The van der Waals surface area contributed by atoms with Gasteiger partial charge in [-0.05, 0) is 63.1 Å². The van der Waals surface area contributed by atoms with E-state index in [2.05, 4.69) is 15.6 Å². The maximum Gasteiger partial charge on any atom is 0.407 e. The van der Waals surface area contributed by atoms with E-state index in [1.54, 1.807) is 6.20 Å². The number of amides is 1. The first kappa shape index (κ1) is 16.8. The normalized spacial score (nSPS) is 11.0. The molecule has 0 unspecified atom stereocenters. The minimum absolute atomic E-state index is 0.408. The molecule has 1 heterocycles. The topological polar surface area (TPSA) is 63.2 Å². The highest BCUT2D eigenvalue weighted by molar-refractivity contribution is 5.67. The first-order valence-electron chi connectivity index (χ1n) is 7.57. The Balaban J connectivity index is 1.96. The number of nitrogens with zero attached hydrogens (tertiary/aromatic N) is 1. The van der Waals surface area contributed by atoms with Gasteiger partial charge in [-0.15, -0.1) is 0 Å². The third kappa shape index (κ3) is 5.98. The Kier molecular flexibility index (Phi) is 5.21. The molecule has 2 rings (SSSR count). The summed E-state index contributed by atoms with van der Waals surface area (Å²) in [5, 5.41) is 6.01. The lowest BCUT2D eigenvalue weighted by atomic mass is 10.2. The average molecular weight is 313 g/mol. The summed E-state index contributed by atoms with van der Waals surface area (Å²) in [6.45, 7) is 7.95. The van der Waals surface area contributed by atoms with Gasteiger partial charge in [-0.25, -0.2) is 9.78 Å². The third-order valence-corrected chi connectivity index (χ3v) is 2.95. The number of benzene rings is 1. The number of carbonyl (C=O) groups excluding carboxylic acids is 1. The van der Waals surface area contributed by atoms with Crippen molar-refractivity contribution in [2.45, 2.75) is 39.8 Å². The van der Waals surface area contributed by atoms with Crippen molar-refractivity contribution in [1.82, 2.24) is 10.3 Å². The number of nitrogens with one attached hydrogen (secondary N) is 2. The number of aryl methyl sites for hydroxylation is 1. The SMILES string of the molecule is Cc1ccnc(Nc2cccc(CNC(=O)OC(C)(C)C)c2)c1. The van der Waals surface area contributed by atoms with E-state index in [9.17, 15) is 4.79 Å². The summed E-state index contributed by atoms with van der Waals surface area (Å²) in [7, 11) is 0. The lowest BCUT2D eigenvalue weighted by Crippen LogP contribution is -2.32. The Morgan fingerprint density at radius 1 is 1.22 bits per heavy atom. The van der Waals surface area contributed by atoms with E-state index in [4.69, 9.17) is 4.74 Å².